The number of alkyl carbamates (subject to hydrolysis) is 1. The molecule has 0 bridgehead atoms. The lowest BCUT2D eigenvalue weighted by atomic mass is 9.81. The summed E-state index contributed by atoms with van der Waals surface area (Å²) in [5.74, 6) is -0.251. The van der Waals surface area contributed by atoms with E-state index in [1.165, 1.54) is 7.11 Å². The molecule has 0 heterocycles. The number of rotatable bonds is 13. The first kappa shape index (κ1) is 40.6. The zero-order valence-corrected chi connectivity index (χ0v) is 32.1. The van der Waals surface area contributed by atoms with Crippen molar-refractivity contribution >= 4 is 46.0 Å². The molecule has 2 aliphatic carbocycles. The molecule has 2 aromatic carbocycles. The molecule has 284 valence electrons. The third-order valence-electron chi connectivity index (χ3n) is 9.60. The van der Waals surface area contributed by atoms with Gasteiger partial charge in [-0.1, -0.05) is 46.3 Å². The van der Waals surface area contributed by atoms with Crippen molar-refractivity contribution in [1.82, 2.24) is 16.0 Å². The SMILES string of the molecule is COC(=O)C1CCC(CNC(=O)[C@H](Cc2ccc(OC(=O)OCc3ccccc3Br)cc2)NC(=O)C2CCC(CNC(=O)OC(C)(C)C)CC2)CC1. The summed E-state index contributed by atoms with van der Waals surface area (Å²) in [5, 5.41) is 8.90. The fourth-order valence-corrected chi connectivity index (χ4v) is 7.01. The minimum absolute atomic E-state index is 0.0478. The second-order valence-corrected chi connectivity index (χ2v) is 15.6. The normalized spacial score (nSPS) is 20.8. The Morgan fingerprint density at radius 1 is 0.808 bits per heavy atom. The third kappa shape index (κ3) is 13.4. The van der Waals surface area contributed by atoms with Crippen molar-refractivity contribution in [2.45, 2.75) is 96.8 Å². The number of nitrogens with one attached hydrogen (secondary N) is 3. The Balaban J connectivity index is 1.32. The molecule has 0 saturated heterocycles. The minimum Gasteiger partial charge on any atom is -0.469 e. The highest BCUT2D eigenvalue weighted by atomic mass is 79.9. The first-order valence-electron chi connectivity index (χ1n) is 18.1. The van der Waals surface area contributed by atoms with Gasteiger partial charge in [0.2, 0.25) is 11.8 Å². The Labute approximate surface area is 314 Å². The molecule has 2 aliphatic rings. The number of methoxy groups -OCH3 is 1. The van der Waals surface area contributed by atoms with Crippen LogP contribution in [0.4, 0.5) is 9.59 Å². The lowest BCUT2D eigenvalue weighted by Gasteiger charge is -2.30. The Morgan fingerprint density at radius 3 is 2.00 bits per heavy atom. The van der Waals surface area contributed by atoms with E-state index in [1.807, 2.05) is 45.0 Å². The summed E-state index contributed by atoms with van der Waals surface area (Å²) in [6.45, 7) is 6.43. The van der Waals surface area contributed by atoms with Gasteiger partial charge in [-0.3, -0.25) is 14.4 Å². The maximum atomic E-state index is 13.6. The van der Waals surface area contributed by atoms with Crippen LogP contribution in [0.1, 0.15) is 83.3 Å². The number of carbonyl (C=O) groups excluding carboxylic acids is 5. The highest BCUT2D eigenvalue weighted by Crippen LogP contribution is 2.30. The number of hydrogen-bond donors (Lipinski definition) is 3. The highest BCUT2D eigenvalue weighted by molar-refractivity contribution is 9.10. The van der Waals surface area contributed by atoms with Gasteiger partial charge in [-0.05, 0) is 108 Å². The van der Waals surface area contributed by atoms with Gasteiger partial charge in [-0.25, -0.2) is 9.59 Å². The summed E-state index contributed by atoms with van der Waals surface area (Å²) < 4.78 is 21.6. The van der Waals surface area contributed by atoms with Crippen LogP contribution in [0.25, 0.3) is 0 Å². The largest absolute Gasteiger partial charge is 0.514 e. The fourth-order valence-electron chi connectivity index (χ4n) is 6.61. The molecule has 12 nitrogen and oxygen atoms in total. The number of esters is 1. The van der Waals surface area contributed by atoms with Gasteiger partial charge in [0.15, 0.2) is 0 Å². The summed E-state index contributed by atoms with van der Waals surface area (Å²) in [7, 11) is 1.40. The van der Waals surface area contributed by atoms with Gasteiger partial charge < -0.3 is 34.9 Å². The molecule has 3 amide bonds. The molecule has 0 aliphatic heterocycles. The maximum absolute atomic E-state index is 13.6. The molecule has 2 saturated carbocycles. The molecule has 0 spiro atoms. The lowest BCUT2D eigenvalue weighted by molar-refractivity contribution is -0.146. The standard InChI is InChI=1S/C39H52BrN3O9/c1-39(2,3)52-37(47)42-23-27-9-15-28(16-10-27)34(44)43-33(35(45)41-22-26-11-17-29(18-12-26)36(46)49-4)21-25-13-19-31(20-14-25)51-38(48)50-24-30-7-5-6-8-32(30)40/h5-8,13-14,19-20,26-29,33H,9-12,15-18,21-24H2,1-4H3,(H,41,45)(H,42,47)(H,43,44)/t26?,27?,28?,29?,33-/m0/s1. The zero-order valence-electron chi connectivity index (χ0n) is 30.5. The molecule has 0 unspecified atom stereocenters. The quantitative estimate of drug-likeness (QED) is 0.115. The zero-order chi connectivity index (χ0) is 37.7. The van der Waals surface area contributed by atoms with Crippen LogP contribution in [0.5, 0.6) is 5.75 Å². The van der Waals surface area contributed by atoms with Crippen molar-refractivity contribution < 1.29 is 42.9 Å². The van der Waals surface area contributed by atoms with E-state index in [0.29, 0.717) is 25.9 Å². The molecule has 0 radical (unpaired) electrons. The van der Waals surface area contributed by atoms with E-state index >= 15 is 0 Å². The topological polar surface area (TPSA) is 158 Å². The molecule has 0 aromatic heterocycles. The monoisotopic (exact) mass is 785 g/mol. The van der Waals surface area contributed by atoms with Crippen molar-refractivity contribution in [2.24, 2.45) is 23.7 Å². The highest BCUT2D eigenvalue weighted by Gasteiger charge is 2.31. The Kier molecular flexibility index (Phi) is 15.3. The molecule has 2 fully saturated rings. The number of hydrogen-bond acceptors (Lipinski definition) is 9. The Morgan fingerprint density at radius 2 is 1.40 bits per heavy atom. The van der Waals surface area contributed by atoms with Gasteiger partial charge in [-0.15, -0.1) is 0 Å². The molecule has 13 heteroatoms. The van der Waals surface area contributed by atoms with Crippen LogP contribution in [-0.2, 0) is 41.6 Å². The summed E-state index contributed by atoms with van der Waals surface area (Å²) in [6, 6.07) is 13.3. The first-order chi connectivity index (χ1) is 24.8. The number of halogens is 1. The van der Waals surface area contributed by atoms with Crippen molar-refractivity contribution in [2.75, 3.05) is 20.2 Å². The van der Waals surface area contributed by atoms with Crippen LogP contribution in [0.3, 0.4) is 0 Å². The number of benzene rings is 2. The molecular formula is C39H52BrN3O9. The molecule has 1 atom stereocenters. The van der Waals surface area contributed by atoms with Crippen LogP contribution in [0.2, 0.25) is 0 Å². The van der Waals surface area contributed by atoms with Gasteiger partial charge in [0, 0.05) is 35.5 Å². The summed E-state index contributed by atoms with van der Waals surface area (Å²) in [5.41, 5.74) is 1.00. The van der Waals surface area contributed by atoms with Crippen molar-refractivity contribution in [3.05, 3.63) is 64.1 Å². The van der Waals surface area contributed by atoms with Crippen LogP contribution in [0, 0.1) is 23.7 Å². The molecule has 3 N–H and O–H groups in total. The molecule has 52 heavy (non-hydrogen) atoms. The predicted molar refractivity (Wildman–Crippen MR) is 197 cm³/mol. The van der Waals surface area contributed by atoms with Crippen molar-refractivity contribution in [3.8, 4) is 5.75 Å². The van der Waals surface area contributed by atoms with Crippen LogP contribution in [0.15, 0.2) is 53.0 Å². The number of carbonyl (C=O) groups is 5. The van der Waals surface area contributed by atoms with E-state index in [1.54, 1.807) is 24.3 Å². The first-order valence-corrected chi connectivity index (χ1v) is 18.9. The lowest BCUT2D eigenvalue weighted by Crippen LogP contribution is -2.51. The second kappa shape index (κ2) is 19.6. The predicted octanol–water partition coefficient (Wildman–Crippen LogP) is 6.62. The molecule has 2 aromatic rings. The van der Waals surface area contributed by atoms with E-state index in [2.05, 4.69) is 31.9 Å². The van der Waals surface area contributed by atoms with Gasteiger partial charge in [0.1, 0.15) is 24.0 Å². The molecule has 4 rings (SSSR count). The Bertz CT molecular complexity index is 1510. The van der Waals surface area contributed by atoms with Crippen LogP contribution >= 0.6 is 15.9 Å². The van der Waals surface area contributed by atoms with E-state index in [4.69, 9.17) is 18.9 Å². The number of amides is 3. The average molecular weight is 787 g/mol. The third-order valence-corrected chi connectivity index (χ3v) is 10.4. The van der Waals surface area contributed by atoms with E-state index in [9.17, 15) is 24.0 Å². The van der Waals surface area contributed by atoms with Crippen molar-refractivity contribution in [1.29, 1.82) is 0 Å². The minimum atomic E-state index is -0.844. The van der Waals surface area contributed by atoms with Gasteiger partial charge in [0.25, 0.3) is 0 Å². The number of ether oxygens (including phenoxy) is 4. The summed E-state index contributed by atoms with van der Waals surface area (Å²) >= 11 is 3.43. The van der Waals surface area contributed by atoms with Crippen LogP contribution in [-0.4, -0.2) is 61.9 Å². The van der Waals surface area contributed by atoms with Crippen molar-refractivity contribution in [3.63, 3.8) is 0 Å². The Hall–Kier alpha value is -4.13. The van der Waals surface area contributed by atoms with Gasteiger partial charge in [0.05, 0.1) is 13.0 Å². The summed E-state index contributed by atoms with van der Waals surface area (Å²) in [4.78, 5) is 63.5. The smallest absolute Gasteiger partial charge is 0.469 e. The fraction of sp³-hybridized carbons (Fsp3) is 0.564. The van der Waals surface area contributed by atoms with E-state index < -0.39 is 23.9 Å². The van der Waals surface area contributed by atoms with Crippen LogP contribution < -0.4 is 20.7 Å². The molecular weight excluding hydrogens is 734 g/mol. The van der Waals surface area contributed by atoms with Gasteiger partial charge in [-0.2, -0.15) is 0 Å². The summed E-state index contributed by atoms with van der Waals surface area (Å²) in [6.07, 6.45) is 4.81. The second-order valence-electron chi connectivity index (χ2n) is 14.7. The van der Waals surface area contributed by atoms with E-state index in [0.717, 1.165) is 54.1 Å². The maximum Gasteiger partial charge on any atom is 0.514 e. The van der Waals surface area contributed by atoms with E-state index in [-0.39, 0.29) is 60.2 Å². The van der Waals surface area contributed by atoms with Gasteiger partial charge >= 0.3 is 18.2 Å². The average Bonchev–Trinajstić information content (AvgIpc) is 3.12.